The molecule has 14 heavy (non-hydrogen) atoms. The predicted molar refractivity (Wildman–Crippen MR) is 59.8 cm³/mol. The molecule has 78 valence electrons. The molecule has 0 saturated carbocycles. The molecule has 0 fully saturated rings. The van der Waals surface area contributed by atoms with Crippen molar-refractivity contribution in [3.05, 3.63) is 11.3 Å². The molecule has 0 atom stereocenters. The third-order valence-electron chi connectivity index (χ3n) is 2.57. The van der Waals surface area contributed by atoms with E-state index in [1.807, 2.05) is 11.8 Å². The normalized spacial score (nSPS) is 16.0. The van der Waals surface area contributed by atoms with Gasteiger partial charge < -0.3 is 5.32 Å². The number of aromatic nitrogens is 2. The zero-order valence-electron chi connectivity index (χ0n) is 9.00. The van der Waals surface area contributed by atoms with E-state index in [-0.39, 0.29) is 0 Å². The molecule has 2 heterocycles. The average molecular weight is 211 g/mol. The third-order valence-corrected chi connectivity index (χ3v) is 3.39. The SMILES string of the molecule is CSc1c2c(nn1C(C)C)CNCC2. The molecule has 0 amide bonds. The topological polar surface area (TPSA) is 29.9 Å². The molecular formula is C10H17N3S. The van der Waals surface area contributed by atoms with E-state index in [0.717, 1.165) is 19.5 Å². The summed E-state index contributed by atoms with van der Waals surface area (Å²) in [6.07, 6.45) is 3.26. The molecule has 0 radical (unpaired) electrons. The van der Waals surface area contributed by atoms with Gasteiger partial charge in [0.15, 0.2) is 0 Å². The minimum absolute atomic E-state index is 0.461. The summed E-state index contributed by atoms with van der Waals surface area (Å²) in [7, 11) is 0. The molecule has 0 aliphatic carbocycles. The highest BCUT2D eigenvalue weighted by atomic mass is 32.2. The number of nitrogens with one attached hydrogen (secondary N) is 1. The second kappa shape index (κ2) is 3.95. The van der Waals surface area contributed by atoms with Gasteiger partial charge in [-0.3, -0.25) is 4.68 Å². The number of thioether (sulfide) groups is 1. The van der Waals surface area contributed by atoms with Crippen molar-refractivity contribution >= 4 is 11.8 Å². The van der Waals surface area contributed by atoms with Crippen LogP contribution in [0, 0.1) is 0 Å². The molecule has 0 bridgehead atoms. The van der Waals surface area contributed by atoms with Gasteiger partial charge in [-0.1, -0.05) is 0 Å². The van der Waals surface area contributed by atoms with Gasteiger partial charge in [0, 0.05) is 18.2 Å². The molecule has 1 aromatic rings. The Labute approximate surface area is 89.3 Å². The van der Waals surface area contributed by atoms with Gasteiger partial charge in [-0.05, 0) is 33.1 Å². The van der Waals surface area contributed by atoms with Crippen LogP contribution in [-0.2, 0) is 13.0 Å². The van der Waals surface area contributed by atoms with Gasteiger partial charge in [0.2, 0.25) is 0 Å². The lowest BCUT2D eigenvalue weighted by atomic mass is 10.1. The lowest BCUT2D eigenvalue weighted by molar-refractivity contribution is 0.487. The molecule has 1 N–H and O–H groups in total. The largest absolute Gasteiger partial charge is 0.311 e. The van der Waals surface area contributed by atoms with Crippen LogP contribution in [0.2, 0.25) is 0 Å². The highest BCUT2D eigenvalue weighted by Crippen LogP contribution is 2.28. The molecule has 0 aromatic carbocycles. The van der Waals surface area contributed by atoms with Crippen LogP contribution >= 0.6 is 11.8 Å². The zero-order valence-corrected chi connectivity index (χ0v) is 9.82. The standard InChI is InChI=1S/C10H17N3S/c1-7(2)13-10(14-3)8-4-5-11-6-9(8)12-13/h7,11H,4-6H2,1-3H3. The van der Waals surface area contributed by atoms with Gasteiger partial charge in [-0.25, -0.2) is 0 Å². The van der Waals surface area contributed by atoms with E-state index in [4.69, 9.17) is 0 Å². The Kier molecular flexibility index (Phi) is 2.83. The predicted octanol–water partition coefficient (Wildman–Crippen LogP) is 1.83. The maximum absolute atomic E-state index is 4.65. The van der Waals surface area contributed by atoms with Crippen molar-refractivity contribution in [3.63, 3.8) is 0 Å². The van der Waals surface area contributed by atoms with E-state index in [0.29, 0.717) is 6.04 Å². The Morgan fingerprint density at radius 3 is 2.93 bits per heavy atom. The molecule has 0 unspecified atom stereocenters. The van der Waals surface area contributed by atoms with Crippen LogP contribution in [0.1, 0.15) is 31.1 Å². The lowest BCUT2D eigenvalue weighted by Crippen LogP contribution is -2.23. The fourth-order valence-corrected chi connectivity index (χ4v) is 2.78. The fraction of sp³-hybridized carbons (Fsp3) is 0.700. The van der Waals surface area contributed by atoms with Crippen LogP contribution in [-0.4, -0.2) is 22.6 Å². The van der Waals surface area contributed by atoms with E-state index in [1.165, 1.54) is 16.3 Å². The molecule has 1 aliphatic rings. The monoisotopic (exact) mass is 211 g/mol. The number of hydrogen-bond acceptors (Lipinski definition) is 3. The second-order valence-corrected chi connectivity index (χ2v) is 4.69. The first kappa shape index (κ1) is 10.1. The van der Waals surface area contributed by atoms with Crippen molar-refractivity contribution in [2.75, 3.05) is 12.8 Å². The first-order valence-corrected chi connectivity index (χ1v) is 6.31. The van der Waals surface area contributed by atoms with Crippen LogP contribution < -0.4 is 5.32 Å². The quantitative estimate of drug-likeness (QED) is 0.757. The Morgan fingerprint density at radius 2 is 2.29 bits per heavy atom. The summed E-state index contributed by atoms with van der Waals surface area (Å²) >= 11 is 1.82. The van der Waals surface area contributed by atoms with Crippen LogP contribution in [0.15, 0.2) is 5.03 Å². The van der Waals surface area contributed by atoms with Gasteiger partial charge >= 0.3 is 0 Å². The minimum atomic E-state index is 0.461. The van der Waals surface area contributed by atoms with Gasteiger partial charge in [-0.15, -0.1) is 11.8 Å². The number of rotatable bonds is 2. The van der Waals surface area contributed by atoms with Crippen LogP contribution in [0.3, 0.4) is 0 Å². The molecule has 0 saturated heterocycles. The summed E-state index contributed by atoms with van der Waals surface area (Å²) in [6.45, 7) is 6.39. The summed E-state index contributed by atoms with van der Waals surface area (Å²) in [5.74, 6) is 0. The summed E-state index contributed by atoms with van der Waals surface area (Å²) in [4.78, 5) is 0. The summed E-state index contributed by atoms with van der Waals surface area (Å²) in [5.41, 5.74) is 2.71. The van der Waals surface area contributed by atoms with E-state index < -0.39 is 0 Å². The first-order valence-electron chi connectivity index (χ1n) is 5.09. The van der Waals surface area contributed by atoms with Crippen molar-refractivity contribution in [2.45, 2.75) is 37.9 Å². The van der Waals surface area contributed by atoms with E-state index in [1.54, 1.807) is 0 Å². The summed E-state index contributed by atoms with van der Waals surface area (Å²) in [5, 5.41) is 9.37. The van der Waals surface area contributed by atoms with Crippen molar-refractivity contribution in [1.29, 1.82) is 0 Å². The zero-order chi connectivity index (χ0) is 10.1. The highest BCUT2D eigenvalue weighted by Gasteiger charge is 2.20. The molecule has 2 rings (SSSR count). The van der Waals surface area contributed by atoms with E-state index in [2.05, 4.69) is 35.2 Å². The molecular weight excluding hydrogens is 194 g/mol. The fourth-order valence-electron chi connectivity index (χ4n) is 1.88. The van der Waals surface area contributed by atoms with Gasteiger partial charge in [-0.2, -0.15) is 5.10 Å². The molecule has 1 aliphatic heterocycles. The van der Waals surface area contributed by atoms with Crippen LogP contribution in [0.25, 0.3) is 0 Å². The molecule has 3 nitrogen and oxygen atoms in total. The Hall–Kier alpha value is -0.480. The van der Waals surface area contributed by atoms with Crippen molar-refractivity contribution in [3.8, 4) is 0 Å². The molecule has 1 aromatic heterocycles. The van der Waals surface area contributed by atoms with E-state index >= 15 is 0 Å². The van der Waals surface area contributed by atoms with E-state index in [9.17, 15) is 0 Å². The summed E-state index contributed by atoms with van der Waals surface area (Å²) in [6, 6.07) is 0.461. The lowest BCUT2D eigenvalue weighted by Gasteiger charge is -2.12. The Morgan fingerprint density at radius 1 is 1.50 bits per heavy atom. The first-order chi connectivity index (χ1) is 6.74. The third kappa shape index (κ3) is 1.57. The van der Waals surface area contributed by atoms with Gasteiger partial charge in [0.25, 0.3) is 0 Å². The maximum atomic E-state index is 4.65. The number of nitrogens with zero attached hydrogens (tertiary/aromatic N) is 2. The Balaban J connectivity index is 2.46. The smallest absolute Gasteiger partial charge is 0.0976 e. The highest BCUT2D eigenvalue weighted by molar-refractivity contribution is 7.98. The van der Waals surface area contributed by atoms with Crippen LogP contribution in [0.5, 0.6) is 0 Å². The van der Waals surface area contributed by atoms with Gasteiger partial charge in [0.05, 0.1) is 10.7 Å². The average Bonchev–Trinajstić information content (AvgIpc) is 2.56. The van der Waals surface area contributed by atoms with Crippen molar-refractivity contribution in [2.24, 2.45) is 0 Å². The van der Waals surface area contributed by atoms with Crippen molar-refractivity contribution < 1.29 is 0 Å². The maximum Gasteiger partial charge on any atom is 0.0976 e. The second-order valence-electron chi connectivity index (χ2n) is 3.90. The van der Waals surface area contributed by atoms with Crippen molar-refractivity contribution in [1.82, 2.24) is 15.1 Å². The Bertz CT molecular complexity index is 330. The van der Waals surface area contributed by atoms with Gasteiger partial charge in [0.1, 0.15) is 0 Å². The number of hydrogen-bond donors (Lipinski definition) is 1. The minimum Gasteiger partial charge on any atom is -0.311 e. The summed E-state index contributed by atoms with van der Waals surface area (Å²) < 4.78 is 2.16. The number of fused-ring (bicyclic) bond motifs is 1. The molecule has 4 heteroatoms. The molecule has 0 spiro atoms. The van der Waals surface area contributed by atoms with Crippen LogP contribution in [0.4, 0.5) is 0 Å².